The first-order chi connectivity index (χ1) is 14.0. The van der Waals surface area contributed by atoms with Crippen LogP contribution in [-0.2, 0) is 20.7 Å². The molecule has 5 nitrogen and oxygen atoms in total. The van der Waals surface area contributed by atoms with E-state index in [1.165, 1.54) is 7.11 Å². The van der Waals surface area contributed by atoms with E-state index >= 15 is 0 Å². The zero-order valence-corrected chi connectivity index (χ0v) is 17.7. The van der Waals surface area contributed by atoms with Crippen LogP contribution in [0.4, 0.5) is 0 Å². The highest BCUT2D eigenvalue weighted by Gasteiger charge is 2.30. The molecule has 1 atom stereocenters. The minimum atomic E-state index is -0.889. The smallest absolute Gasteiger partial charge is 0.339 e. The molecule has 1 heterocycles. The highest BCUT2D eigenvalue weighted by molar-refractivity contribution is 5.86. The molecule has 2 aromatic rings. The average Bonchev–Trinajstić information content (AvgIpc) is 2.73. The predicted molar refractivity (Wildman–Crippen MR) is 112 cm³/mol. The number of phenols is 1. The molecular formula is C24H30O5. The molecule has 5 heteroatoms. The number of aromatic hydroxyl groups is 1. The second kappa shape index (κ2) is 9.31. The Morgan fingerprint density at radius 1 is 1.24 bits per heavy atom. The van der Waals surface area contributed by atoms with Gasteiger partial charge in [0.05, 0.1) is 13.7 Å². The number of unbranched alkanes of at least 4 members (excludes halogenated alkanes) is 1. The summed E-state index contributed by atoms with van der Waals surface area (Å²) < 4.78 is 16.8. The maximum absolute atomic E-state index is 12.6. The van der Waals surface area contributed by atoms with Gasteiger partial charge in [-0.2, -0.15) is 0 Å². The molecule has 0 amide bonds. The number of carbonyl (C=O) groups is 1. The Hall–Kier alpha value is -2.53. The van der Waals surface area contributed by atoms with Gasteiger partial charge in [-0.1, -0.05) is 25.5 Å². The Balaban J connectivity index is 2.17. The maximum Gasteiger partial charge on any atom is 0.339 e. The van der Waals surface area contributed by atoms with Gasteiger partial charge >= 0.3 is 5.97 Å². The van der Waals surface area contributed by atoms with Crippen LogP contribution in [0, 0.1) is 13.8 Å². The normalized spacial score (nSPS) is 14.1. The van der Waals surface area contributed by atoms with Crippen LogP contribution in [-0.4, -0.2) is 31.4 Å². The second-order valence-corrected chi connectivity index (χ2v) is 7.48. The molecule has 0 saturated carbocycles. The van der Waals surface area contributed by atoms with E-state index in [4.69, 9.17) is 14.2 Å². The van der Waals surface area contributed by atoms with Crippen LogP contribution < -0.4 is 4.74 Å². The summed E-state index contributed by atoms with van der Waals surface area (Å²) in [5, 5.41) is 10.8. The lowest BCUT2D eigenvalue weighted by atomic mass is 9.86. The van der Waals surface area contributed by atoms with Gasteiger partial charge in [0, 0.05) is 17.7 Å². The van der Waals surface area contributed by atoms with Crippen molar-refractivity contribution in [1.29, 1.82) is 0 Å². The number of aryl methyl sites for hydroxylation is 1. The molecule has 1 aliphatic rings. The van der Waals surface area contributed by atoms with Crippen molar-refractivity contribution in [2.45, 2.75) is 52.6 Å². The first kappa shape index (κ1) is 21.2. The first-order valence-electron chi connectivity index (χ1n) is 10.3. The largest absolute Gasteiger partial charge is 0.507 e. The SMILES string of the molecule is CCCCOC(C(=O)OC)c1c(C)ccc(O)c1-c1ccc2c(c1C)CCCO2. The standard InChI is InChI=1S/C24H30O5/c1-5-6-13-29-23(24(26)27-4)21-15(2)9-11-19(25)22(21)18-10-12-20-17(16(18)3)8-7-14-28-20/h9-12,23,25H,5-8,13-14H2,1-4H3. The van der Waals surface area contributed by atoms with Gasteiger partial charge in [-0.25, -0.2) is 4.79 Å². The fourth-order valence-corrected chi connectivity index (χ4v) is 3.93. The lowest BCUT2D eigenvalue weighted by Crippen LogP contribution is -2.20. The van der Waals surface area contributed by atoms with Crippen LogP contribution in [0.3, 0.4) is 0 Å². The number of esters is 1. The maximum atomic E-state index is 12.6. The molecular weight excluding hydrogens is 368 g/mol. The quantitative estimate of drug-likeness (QED) is 0.523. The van der Waals surface area contributed by atoms with Crippen LogP contribution in [0.1, 0.15) is 54.5 Å². The van der Waals surface area contributed by atoms with Gasteiger partial charge in [0.15, 0.2) is 6.10 Å². The second-order valence-electron chi connectivity index (χ2n) is 7.48. The van der Waals surface area contributed by atoms with Gasteiger partial charge in [-0.3, -0.25) is 0 Å². The number of fused-ring (bicyclic) bond motifs is 1. The molecule has 1 unspecified atom stereocenters. The fraction of sp³-hybridized carbons (Fsp3) is 0.458. The topological polar surface area (TPSA) is 65.0 Å². The summed E-state index contributed by atoms with van der Waals surface area (Å²) in [6.07, 6.45) is 2.82. The summed E-state index contributed by atoms with van der Waals surface area (Å²) in [6, 6.07) is 7.39. The van der Waals surface area contributed by atoms with E-state index in [0.29, 0.717) is 17.7 Å². The first-order valence-corrected chi connectivity index (χ1v) is 10.3. The molecule has 1 aliphatic heterocycles. The average molecular weight is 398 g/mol. The number of benzene rings is 2. The van der Waals surface area contributed by atoms with Crippen molar-refractivity contribution in [1.82, 2.24) is 0 Å². The van der Waals surface area contributed by atoms with E-state index in [0.717, 1.165) is 60.3 Å². The highest BCUT2D eigenvalue weighted by Crippen LogP contribution is 2.43. The molecule has 0 spiro atoms. The van der Waals surface area contributed by atoms with E-state index in [-0.39, 0.29) is 5.75 Å². The minimum absolute atomic E-state index is 0.123. The van der Waals surface area contributed by atoms with Crippen LogP contribution in [0.25, 0.3) is 11.1 Å². The van der Waals surface area contributed by atoms with E-state index in [1.54, 1.807) is 6.07 Å². The number of hydrogen-bond donors (Lipinski definition) is 1. The van der Waals surface area contributed by atoms with Gasteiger partial charge < -0.3 is 19.3 Å². The number of rotatable bonds is 7. The Bertz CT molecular complexity index is 887. The molecule has 29 heavy (non-hydrogen) atoms. The highest BCUT2D eigenvalue weighted by atomic mass is 16.6. The molecule has 156 valence electrons. The summed E-state index contributed by atoms with van der Waals surface area (Å²) in [5.74, 6) is 0.559. The summed E-state index contributed by atoms with van der Waals surface area (Å²) in [4.78, 5) is 12.6. The zero-order valence-electron chi connectivity index (χ0n) is 17.7. The Kier molecular flexibility index (Phi) is 6.80. The molecule has 3 rings (SSSR count). The van der Waals surface area contributed by atoms with E-state index in [1.807, 2.05) is 32.0 Å². The number of hydrogen-bond acceptors (Lipinski definition) is 5. The summed E-state index contributed by atoms with van der Waals surface area (Å²) in [5.41, 5.74) is 5.26. The van der Waals surface area contributed by atoms with Crippen molar-refractivity contribution in [2.24, 2.45) is 0 Å². The van der Waals surface area contributed by atoms with E-state index < -0.39 is 12.1 Å². The fourth-order valence-electron chi connectivity index (χ4n) is 3.93. The van der Waals surface area contributed by atoms with Crippen molar-refractivity contribution >= 4 is 5.97 Å². The third kappa shape index (κ3) is 4.25. The van der Waals surface area contributed by atoms with Gasteiger partial charge in [-0.05, 0) is 67.5 Å². The van der Waals surface area contributed by atoms with Gasteiger partial charge in [-0.15, -0.1) is 0 Å². The molecule has 1 N–H and O–H groups in total. The van der Waals surface area contributed by atoms with Crippen LogP contribution in [0.2, 0.25) is 0 Å². The number of carbonyl (C=O) groups excluding carboxylic acids is 1. The van der Waals surface area contributed by atoms with Gasteiger partial charge in [0.2, 0.25) is 0 Å². The molecule has 0 bridgehead atoms. The molecule has 0 saturated heterocycles. The van der Waals surface area contributed by atoms with Crippen molar-refractivity contribution in [3.8, 4) is 22.6 Å². The summed E-state index contributed by atoms with van der Waals surface area (Å²) >= 11 is 0. The Morgan fingerprint density at radius 2 is 2.03 bits per heavy atom. The predicted octanol–water partition coefficient (Wildman–Crippen LogP) is 5.03. The van der Waals surface area contributed by atoms with E-state index in [2.05, 4.69) is 6.92 Å². The minimum Gasteiger partial charge on any atom is -0.507 e. The molecule has 0 aliphatic carbocycles. The van der Waals surface area contributed by atoms with Crippen molar-refractivity contribution in [3.63, 3.8) is 0 Å². The lowest BCUT2D eigenvalue weighted by molar-refractivity contribution is -0.154. The molecule has 0 radical (unpaired) electrons. The van der Waals surface area contributed by atoms with E-state index in [9.17, 15) is 9.90 Å². The van der Waals surface area contributed by atoms with Crippen molar-refractivity contribution in [3.05, 3.63) is 46.5 Å². The Labute approximate surface area is 172 Å². The third-order valence-electron chi connectivity index (χ3n) is 5.55. The monoisotopic (exact) mass is 398 g/mol. The van der Waals surface area contributed by atoms with Crippen LogP contribution >= 0.6 is 0 Å². The third-order valence-corrected chi connectivity index (χ3v) is 5.55. The van der Waals surface area contributed by atoms with Crippen molar-refractivity contribution < 1.29 is 24.1 Å². The molecule has 0 fully saturated rings. The number of phenolic OH excluding ortho intramolecular Hbond substituents is 1. The van der Waals surface area contributed by atoms with Crippen LogP contribution in [0.15, 0.2) is 24.3 Å². The van der Waals surface area contributed by atoms with Gasteiger partial charge in [0.25, 0.3) is 0 Å². The molecule has 0 aromatic heterocycles. The summed E-state index contributed by atoms with van der Waals surface area (Å²) in [7, 11) is 1.36. The molecule has 2 aromatic carbocycles. The van der Waals surface area contributed by atoms with Gasteiger partial charge in [0.1, 0.15) is 11.5 Å². The van der Waals surface area contributed by atoms with Crippen LogP contribution in [0.5, 0.6) is 11.5 Å². The number of ether oxygens (including phenoxy) is 3. The summed E-state index contributed by atoms with van der Waals surface area (Å²) in [6.45, 7) is 7.21. The van der Waals surface area contributed by atoms with Crippen molar-refractivity contribution in [2.75, 3.05) is 20.3 Å². The lowest BCUT2D eigenvalue weighted by Gasteiger charge is -2.25. The zero-order chi connectivity index (χ0) is 21.0. The Morgan fingerprint density at radius 3 is 2.76 bits per heavy atom. The number of methoxy groups -OCH3 is 1.